The number of anilines is 1. The van der Waals surface area contributed by atoms with Gasteiger partial charge in [-0.15, -0.1) is 0 Å². The van der Waals surface area contributed by atoms with E-state index in [4.69, 9.17) is 5.11 Å². The SMILES string of the molecule is Cn1cnc(CNc2cc(Br)ccc2C(=O)O)n1. The fraction of sp³-hybridized carbons (Fsp3) is 0.182. The Morgan fingerprint density at radius 2 is 2.33 bits per heavy atom. The van der Waals surface area contributed by atoms with Gasteiger partial charge in [0.2, 0.25) is 0 Å². The first-order valence-corrected chi connectivity index (χ1v) is 5.97. The minimum atomic E-state index is -0.973. The van der Waals surface area contributed by atoms with E-state index in [0.717, 1.165) is 4.47 Å². The van der Waals surface area contributed by atoms with Crippen LogP contribution in [0.4, 0.5) is 5.69 Å². The number of aromatic carboxylic acids is 1. The van der Waals surface area contributed by atoms with Gasteiger partial charge in [0.25, 0.3) is 0 Å². The smallest absolute Gasteiger partial charge is 0.337 e. The van der Waals surface area contributed by atoms with Gasteiger partial charge >= 0.3 is 5.97 Å². The molecule has 6 nitrogen and oxygen atoms in total. The highest BCUT2D eigenvalue weighted by Gasteiger charge is 2.10. The molecule has 0 spiro atoms. The lowest BCUT2D eigenvalue weighted by Crippen LogP contribution is -2.07. The van der Waals surface area contributed by atoms with Crippen LogP contribution in [0, 0.1) is 0 Å². The Labute approximate surface area is 112 Å². The van der Waals surface area contributed by atoms with Gasteiger partial charge in [-0.1, -0.05) is 15.9 Å². The quantitative estimate of drug-likeness (QED) is 0.901. The van der Waals surface area contributed by atoms with E-state index in [1.807, 2.05) is 0 Å². The maximum Gasteiger partial charge on any atom is 0.337 e. The lowest BCUT2D eigenvalue weighted by atomic mass is 10.2. The third-order valence-electron chi connectivity index (χ3n) is 2.30. The first-order chi connectivity index (χ1) is 8.56. The molecule has 0 fully saturated rings. The number of hydrogen-bond acceptors (Lipinski definition) is 4. The number of carboxylic acids is 1. The Morgan fingerprint density at radius 3 is 2.94 bits per heavy atom. The van der Waals surface area contributed by atoms with Crippen LogP contribution in [0.25, 0.3) is 0 Å². The van der Waals surface area contributed by atoms with E-state index in [9.17, 15) is 4.79 Å². The van der Waals surface area contributed by atoms with E-state index in [0.29, 0.717) is 18.1 Å². The third-order valence-corrected chi connectivity index (χ3v) is 2.79. The van der Waals surface area contributed by atoms with Crippen molar-refractivity contribution in [3.05, 3.63) is 40.4 Å². The summed E-state index contributed by atoms with van der Waals surface area (Å²) in [5.74, 6) is -0.368. The monoisotopic (exact) mass is 310 g/mol. The maximum absolute atomic E-state index is 11.1. The zero-order valence-corrected chi connectivity index (χ0v) is 11.2. The number of hydrogen-bond donors (Lipinski definition) is 2. The fourth-order valence-electron chi connectivity index (χ4n) is 1.49. The van der Waals surface area contributed by atoms with Gasteiger partial charge in [-0.2, -0.15) is 5.10 Å². The van der Waals surface area contributed by atoms with Crippen molar-refractivity contribution in [3.8, 4) is 0 Å². The molecule has 0 aliphatic rings. The molecule has 7 heteroatoms. The van der Waals surface area contributed by atoms with Crippen molar-refractivity contribution in [2.24, 2.45) is 7.05 Å². The summed E-state index contributed by atoms with van der Waals surface area (Å²) in [4.78, 5) is 15.1. The van der Waals surface area contributed by atoms with Crippen molar-refractivity contribution in [2.45, 2.75) is 6.54 Å². The normalized spacial score (nSPS) is 10.3. The Hall–Kier alpha value is -1.89. The predicted molar refractivity (Wildman–Crippen MR) is 69.4 cm³/mol. The maximum atomic E-state index is 11.1. The minimum Gasteiger partial charge on any atom is -0.478 e. The lowest BCUT2D eigenvalue weighted by Gasteiger charge is -2.08. The number of nitrogens with one attached hydrogen (secondary N) is 1. The number of nitrogens with zero attached hydrogens (tertiary/aromatic N) is 3. The molecule has 94 valence electrons. The lowest BCUT2D eigenvalue weighted by molar-refractivity contribution is 0.0698. The molecule has 0 aliphatic carbocycles. The highest BCUT2D eigenvalue weighted by atomic mass is 79.9. The molecule has 1 aromatic heterocycles. The van der Waals surface area contributed by atoms with Gasteiger partial charge < -0.3 is 10.4 Å². The highest BCUT2D eigenvalue weighted by molar-refractivity contribution is 9.10. The fourth-order valence-corrected chi connectivity index (χ4v) is 1.85. The molecule has 0 radical (unpaired) electrons. The molecular weight excluding hydrogens is 300 g/mol. The molecule has 0 aliphatic heterocycles. The summed E-state index contributed by atoms with van der Waals surface area (Å²) in [6, 6.07) is 4.95. The van der Waals surface area contributed by atoms with Crippen LogP contribution in [0.2, 0.25) is 0 Å². The number of halogens is 1. The molecule has 0 atom stereocenters. The summed E-state index contributed by atoms with van der Waals surface area (Å²) >= 11 is 3.31. The molecule has 18 heavy (non-hydrogen) atoms. The van der Waals surface area contributed by atoms with Gasteiger partial charge in [-0.05, 0) is 18.2 Å². The first kappa shape index (κ1) is 12.6. The molecule has 0 bridgehead atoms. The summed E-state index contributed by atoms with van der Waals surface area (Å²) in [6.07, 6.45) is 1.59. The minimum absolute atomic E-state index is 0.217. The third kappa shape index (κ3) is 2.86. The number of carboxylic acid groups (broad SMARTS) is 1. The topological polar surface area (TPSA) is 80.0 Å². The average molecular weight is 311 g/mol. The van der Waals surface area contributed by atoms with E-state index >= 15 is 0 Å². The van der Waals surface area contributed by atoms with Crippen LogP contribution in [-0.2, 0) is 13.6 Å². The molecule has 0 unspecified atom stereocenters. The van der Waals surface area contributed by atoms with Gasteiger partial charge in [-0.3, -0.25) is 4.68 Å². The largest absolute Gasteiger partial charge is 0.478 e. The van der Waals surface area contributed by atoms with Gasteiger partial charge in [0.15, 0.2) is 5.82 Å². The van der Waals surface area contributed by atoms with E-state index in [-0.39, 0.29) is 5.56 Å². The molecule has 0 amide bonds. The van der Waals surface area contributed by atoms with E-state index < -0.39 is 5.97 Å². The Bertz CT molecular complexity index is 582. The van der Waals surface area contributed by atoms with Gasteiger partial charge in [0.1, 0.15) is 6.33 Å². The second kappa shape index (κ2) is 5.18. The number of benzene rings is 1. The number of aromatic nitrogens is 3. The van der Waals surface area contributed by atoms with E-state index in [1.165, 1.54) is 0 Å². The molecular formula is C11H11BrN4O2. The standard InChI is InChI=1S/C11H11BrN4O2/c1-16-6-14-10(15-16)5-13-9-4-7(12)2-3-8(9)11(17)18/h2-4,6,13H,5H2,1H3,(H,17,18). The summed E-state index contributed by atoms with van der Waals surface area (Å²) in [5, 5.41) is 16.2. The summed E-state index contributed by atoms with van der Waals surface area (Å²) in [5.41, 5.74) is 0.749. The zero-order chi connectivity index (χ0) is 13.1. The highest BCUT2D eigenvalue weighted by Crippen LogP contribution is 2.21. The van der Waals surface area contributed by atoms with Crippen LogP contribution in [0.3, 0.4) is 0 Å². The van der Waals surface area contributed by atoms with Crippen molar-refractivity contribution in [1.82, 2.24) is 14.8 Å². The number of aryl methyl sites for hydroxylation is 1. The summed E-state index contributed by atoms with van der Waals surface area (Å²) < 4.78 is 2.40. The predicted octanol–water partition coefficient (Wildman–Crippen LogP) is 1.89. The molecule has 1 aromatic carbocycles. The van der Waals surface area contributed by atoms with Crippen LogP contribution >= 0.6 is 15.9 Å². The molecule has 0 saturated heterocycles. The summed E-state index contributed by atoms with van der Waals surface area (Å²) in [6.45, 7) is 0.373. The molecule has 2 N–H and O–H groups in total. The van der Waals surface area contributed by atoms with Gasteiger partial charge in [-0.25, -0.2) is 9.78 Å². The Kier molecular flexibility index (Phi) is 3.61. The Balaban J connectivity index is 2.17. The first-order valence-electron chi connectivity index (χ1n) is 5.17. The van der Waals surface area contributed by atoms with Crippen molar-refractivity contribution in [1.29, 1.82) is 0 Å². The van der Waals surface area contributed by atoms with Crippen molar-refractivity contribution in [2.75, 3.05) is 5.32 Å². The van der Waals surface area contributed by atoms with E-state index in [1.54, 1.807) is 36.3 Å². The van der Waals surface area contributed by atoms with Crippen LogP contribution < -0.4 is 5.32 Å². The van der Waals surface area contributed by atoms with Crippen molar-refractivity contribution < 1.29 is 9.90 Å². The number of rotatable bonds is 4. The molecule has 1 heterocycles. The van der Waals surface area contributed by atoms with Gasteiger partial charge in [0.05, 0.1) is 17.8 Å². The molecule has 2 rings (SSSR count). The van der Waals surface area contributed by atoms with Crippen LogP contribution in [-0.4, -0.2) is 25.8 Å². The molecule has 2 aromatic rings. The molecule has 0 saturated carbocycles. The summed E-state index contributed by atoms with van der Waals surface area (Å²) in [7, 11) is 1.78. The van der Waals surface area contributed by atoms with Gasteiger partial charge in [0, 0.05) is 11.5 Å². The zero-order valence-electron chi connectivity index (χ0n) is 9.59. The van der Waals surface area contributed by atoms with Crippen LogP contribution in [0.1, 0.15) is 16.2 Å². The average Bonchev–Trinajstić information content (AvgIpc) is 2.72. The number of carbonyl (C=O) groups is 1. The van der Waals surface area contributed by atoms with Crippen LogP contribution in [0.15, 0.2) is 29.0 Å². The van der Waals surface area contributed by atoms with Crippen molar-refractivity contribution >= 4 is 27.6 Å². The van der Waals surface area contributed by atoms with E-state index in [2.05, 4.69) is 31.3 Å². The second-order valence-corrected chi connectivity index (χ2v) is 4.60. The second-order valence-electron chi connectivity index (χ2n) is 3.68. The van der Waals surface area contributed by atoms with Crippen LogP contribution in [0.5, 0.6) is 0 Å². The van der Waals surface area contributed by atoms with Crippen molar-refractivity contribution in [3.63, 3.8) is 0 Å². The Morgan fingerprint density at radius 1 is 1.56 bits per heavy atom.